The summed E-state index contributed by atoms with van der Waals surface area (Å²) < 4.78 is 39.5. The topological polar surface area (TPSA) is 47.6 Å². The Kier molecular flexibility index (Phi) is 6.31. The fourth-order valence-electron chi connectivity index (χ4n) is 3.41. The molecule has 1 N–H and O–H groups in total. The SMILES string of the molecule is CCOc1ccc(C(=O)Nc2c(F)cccc2F)cc1COc1cccc2ccccc12. The minimum atomic E-state index is -0.844. The number of nitrogens with one attached hydrogen (secondary N) is 1. The van der Waals surface area contributed by atoms with Crippen LogP contribution in [0.4, 0.5) is 14.5 Å². The minimum absolute atomic E-state index is 0.151. The zero-order chi connectivity index (χ0) is 22.5. The summed E-state index contributed by atoms with van der Waals surface area (Å²) >= 11 is 0. The van der Waals surface area contributed by atoms with Crippen molar-refractivity contribution in [1.82, 2.24) is 0 Å². The molecule has 0 atom stereocenters. The molecule has 0 fully saturated rings. The standard InChI is InChI=1S/C26H21F2NO3/c1-2-31-23-14-13-18(26(30)29-25-21(27)10-6-11-22(25)28)15-19(23)16-32-24-12-5-8-17-7-3-4-9-20(17)24/h3-15H,2,16H2,1H3,(H,29,30). The molecule has 1 amide bonds. The predicted molar refractivity (Wildman–Crippen MR) is 120 cm³/mol. The summed E-state index contributed by atoms with van der Waals surface area (Å²) in [6.45, 7) is 2.45. The van der Waals surface area contributed by atoms with Gasteiger partial charge in [0.1, 0.15) is 35.4 Å². The fourth-order valence-corrected chi connectivity index (χ4v) is 3.41. The average Bonchev–Trinajstić information content (AvgIpc) is 2.81. The van der Waals surface area contributed by atoms with Gasteiger partial charge < -0.3 is 14.8 Å². The van der Waals surface area contributed by atoms with Crippen LogP contribution in [-0.2, 0) is 6.61 Å². The van der Waals surface area contributed by atoms with Crippen molar-refractivity contribution in [1.29, 1.82) is 0 Å². The molecule has 4 aromatic carbocycles. The van der Waals surface area contributed by atoms with Gasteiger partial charge in [-0.05, 0) is 48.7 Å². The van der Waals surface area contributed by atoms with E-state index in [1.807, 2.05) is 49.4 Å². The molecule has 4 aromatic rings. The first-order valence-corrected chi connectivity index (χ1v) is 10.2. The Bertz CT molecular complexity index is 1250. The number of anilines is 1. The Morgan fingerprint density at radius 1 is 0.844 bits per heavy atom. The number of ether oxygens (including phenoxy) is 2. The van der Waals surface area contributed by atoms with Gasteiger partial charge in [0.2, 0.25) is 0 Å². The third kappa shape index (κ3) is 4.54. The van der Waals surface area contributed by atoms with Gasteiger partial charge in [-0.2, -0.15) is 0 Å². The van der Waals surface area contributed by atoms with E-state index in [4.69, 9.17) is 9.47 Å². The maximum Gasteiger partial charge on any atom is 0.255 e. The molecule has 6 heteroatoms. The number of hydrogen-bond acceptors (Lipinski definition) is 3. The van der Waals surface area contributed by atoms with Crippen LogP contribution in [0.25, 0.3) is 10.8 Å². The van der Waals surface area contributed by atoms with Crippen molar-refractivity contribution in [3.8, 4) is 11.5 Å². The molecule has 0 radical (unpaired) electrons. The van der Waals surface area contributed by atoms with Crippen LogP contribution in [0.5, 0.6) is 11.5 Å². The van der Waals surface area contributed by atoms with Crippen molar-refractivity contribution in [2.75, 3.05) is 11.9 Å². The lowest BCUT2D eigenvalue weighted by Crippen LogP contribution is -2.15. The normalized spacial score (nSPS) is 10.7. The van der Waals surface area contributed by atoms with E-state index in [0.717, 1.165) is 22.9 Å². The van der Waals surface area contributed by atoms with Gasteiger partial charge in [0.15, 0.2) is 0 Å². The molecule has 32 heavy (non-hydrogen) atoms. The van der Waals surface area contributed by atoms with Gasteiger partial charge in [0.05, 0.1) is 6.61 Å². The number of benzene rings is 4. The van der Waals surface area contributed by atoms with E-state index in [9.17, 15) is 13.6 Å². The Balaban J connectivity index is 1.59. The van der Waals surface area contributed by atoms with Crippen molar-refractivity contribution >= 4 is 22.4 Å². The predicted octanol–water partition coefficient (Wildman–Crippen LogP) is 6.35. The molecule has 4 rings (SSSR count). The number of hydrogen-bond donors (Lipinski definition) is 1. The van der Waals surface area contributed by atoms with Gasteiger partial charge in [-0.25, -0.2) is 8.78 Å². The molecule has 0 aliphatic heterocycles. The van der Waals surface area contributed by atoms with Crippen LogP contribution in [0.2, 0.25) is 0 Å². The maximum atomic E-state index is 13.9. The summed E-state index contributed by atoms with van der Waals surface area (Å²) in [5.41, 5.74) is 0.383. The van der Waals surface area contributed by atoms with Crippen molar-refractivity contribution in [3.63, 3.8) is 0 Å². The third-order valence-corrected chi connectivity index (χ3v) is 4.96. The summed E-state index contributed by atoms with van der Waals surface area (Å²) in [5.74, 6) is -1.05. The molecule has 0 unspecified atom stereocenters. The first-order chi connectivity index (χ1) is 15.6. The fraction of sp³-hybridized carbons (Fsp3) is 0.115. The largest absolute Gasteiger partial charge is 0.493 e. The lowest BCUT2D eigenvalue weighted by molar-refractivity contribution is 0.102. The van der Waals surface area contributed by atoms with Crippen LogP contribution >= 0.6 is 0 Å². The Morgan fingerprint density at radius 3 is 2.34 bits per heavy atom. The number of amides is 1. The Morgan fingerprint density at radius 2 is 1.56 bits per heavy atom. The second-order valence-electron chi connectivity index (χ2n) is 7.07. The highest BCUT2D eigenvalue weighted by Crippen LogP contribution is 2.28. The summed E-state index contributed by atoms with van der Waals surface area (Å²) in [5, 5.41) is 4.32. The van der Waals surface area contributed by atoms with Crippen molar-refractivity contribution in [2.45, 2.75) is 13.5 Å². The van der Waals surface area contributed by atoms with Gasteiger partial charge in [-0.3, -0.25) is 4.79 Å². The van der Waals surface area contributed by atoms with Crippen LogP contribution in [0.3, 0.4) is 0 Å². The molecular weight excluding hydrogens is 412 g/mol. The monoisotopic (exact) mass is 433 g/mol. The van der Waals surface area contributed by atoms with Crippen molar-refractivity contribution < 1.29 is 23.0 Å². The molecule has 0 aliphatic carbocycles. The lowest BCUT2D eigenvalue weighted by Gasteiger charge is -2.15. The first-order valence-electron chi connectivity index (χ1n) is 10.2. The molecule has 0 saturated carbocycles. The highest BCUT2D eigenvalue weighted by atomic mass is 19.1. The van der Waals surface area contributed by atoms with Crippen LogP contribution in [0.15, 0.2) is 78.9 Å². The quantitative estimate of drug-likeness (QED) is 0.370. The second-order valence-corrected chi connectivity index (χ2v) is 7.07. The van der Waals surface area contributed by atoms with E-state index in [1.165, 1.54) is 6.07 Å². The molecule has 0 spiro atoms. The molecule has 0 bridgehead atoms. The molecule has 0 saturated heterocycles. The maximum absolute atomic E-state index is 13.9. The number of halogens is 2. The number of para-hydroxylation sites is 1. The molecule has 0 heterocycles. The van der Waals surface area contributed by atoms with E-state index < -0.39 is 23.2 Å². The van der Waals surface area contributed by atoms with E-state index >= 15 is 0 Å². The number of carbonyl (C=O) groups is 1. The van der Waals surface area contributed by atoms with Crippen LogP contribution in [0.1, 0.15) is 22.8 Å². The Hall–Kier alpha value is -3.93. The van der Waals surface area contributed by atoms with E-state index in [2.05, 4.69) is 5.32 Å². The summed E-state index contributed by atoms with van der Waals surface area (Å²) in [4.78, 5) is 12.7. The van der Waals surface area contributed by atoms with Crippen LogP contribution in [0, 0.1) is 11.6 Å². The minimum Gasteiger partial charge on any atom is -0.493 e. The van der Waals surface area contributed by atoms with Crippen LogP contribution < -0.4 is 14.8 Å². The van der Waals surface area contributed by atoms with Gasteiger partial charge in [0, 0.05) is 16.5 Å². The third-order valence-electron chi connectivity index (χ3n) is 4.96. The number of fused-ring (bicyclic) bond motifs is 1. The first kappa shape index (κ1) is 21.3. The van der Waals surface area contributed by atoms with Crippen LogP contribution in [-0.4, -0.2) is 12.5 Å². The molecule has 4 nitrogen and oxygen atoms in total. The zero-order valence-corrected chi connectivity index (χ0v) is 17.4. The van der Waals surface area contributed by atoms with Crippen molar-refractivity contribution in [3.05, 3.63) is 102 Å². The second kappa shape index (κ2) is 9.47. The zero-order valence-electron chi connectivity index (χ0n) is 17.4. The number of carbonyl (C=O) groups excluding carboxylic acids is 1. The summed E-state index contributed by atoms with van der Waals surface area (Å²) in [6, 6.07) is 21.9. The smallest absolute Gasteiger partial charge is 0.255 e. The van der Waals surface area contributed by atoms with Gasteiger partial charge in [0.25, 0.3) is 5.91 Å². The number of rotatable bonds is 7. The van der Waals surface area contributed by atoms with Gasteiger partial charge in [-0.1, -0.05) is 42.5 Å². The van der Waals surface area contributed by atoms with E-state index in [-0.39, 0.29) is 12.2 Å². The average molecular weight is 433 g/mol. The van der Waals surface area contributed by atoms with Gasteiger partial charge in [-0.15, -0.1) is 0 Å². The van der Waals surface area contributed by atoms with Gasteiger partial charge >= 0.3 is 0 Å². The summed E-state index contributed by atoms with van der Waals surface area (Å²) in [7, 11) is 0. The summed E-state index contributed by atoms with van der Waals surface area (Å²) in [6.07, 6.45) is 0. The molecule has 0 aromatic heterocycles. The molecule has 0 aliphatic rings. The highest BCUT2D eigenvalue weighted by Gasteiger charge is 2.16. The van der Waals surface area contributed by atoms with E-state index in [0.29, 0.717) is 23.7 Å². The molecular formula is C26H21F2NO3. The van der Waals surface area contributed by atoms with Crippen molar-refractivity contribution in [2.24, 2.45) is 0 Å². The molecule has 162 valence electrons. The highest BCUT2D eigenvalue weighted by molar-refractivity contribution is 6.04. The lowest BCUT2D eigenvalue weighted by atomic mass is 10.1. The van der Waals surface area contributed by atoms with E-state index in [1.54, 1.807) is 18.2 Å². The Labute approximate surface area is 184 Å².